The van der Waals surface area contributed by atoms with Crippen LogP contribution in [0.25, 0.3) is 0 Å². The predicted molar refractivity (Wildman–Crippen MR) is 102 cm³/mol. The molecule has 0 amide bonds. The van der Waals surface area contributed by atoms with Crippen LogP contribution in [0.4, 0.5) is 0 Å². The van der Waals surface area contributed by atoms with E-state index >= 15 is 0 Å². The molecule has 0 saturated carbocycles. The molecule has 0 spiro atoms. The summed E-state index contributed by atoms with van der Waals surface area (Å²) < 4.78 is 11.7. The topological polar surface area (TPSA) is 48.0 Å². The zero-order valence-corrected chi connectivity index (χ0v) is 18.6. The van der Waals surface area contributed by atoms with Gasteiger partial charge < -0.3 is 9.16 Å². The van der Waals surface area contributed by atoms with Gasteiger partial charge in [0.25, 0.3) is 0 Å². The molecule has 2 rings (SSSR count). The summed E-state index contributed by atoms with van der Waals surface area (Å²) in [5.74, 6) is -0.150. The summed E-state index contributed by atoms with van der Waals surface area (Å²) in [5.41, 5.74) is -1.14. The number of carbonyl (C=O) groups is 1. The second-order valence-corrected chi connectivity index (χ2v) is 14.9. The highest BCUT2D eigenvalue weighted by atomic mass is 28.4. The van der Waals surface area contributed by atoms with E-state index in [0.717, 1.165) is 12.8 Å². The van der Waals surface area contributed by atoms with Crippen LogP contribution >= 0.6 is 0 Å². The molecule has 2 saturated heterocycles. The van der Waals surface area contributed by atoms with Crippen molar-refractivity contribution in [2.45, 2.75) is 103 Å². The standard InChI is InChI=1S/C19H37NO4Si/c1-10-22-15(21)19-13-17(5,6)24-20(19)18(7,14-19)11-12-23-25(8,9)16(2,3)4/h10-14H2,1-9H3. The van der Waals surface area contributed by atoms with E-state index in [9.17, 15) is 4.79 Å². The van der Waals surface area contributed by atoms with Crippen LogP contribution < -0.4 is 0 Å². The van der Waals surface area contributed by atoms with Gasteiger partial charge in [0, 0.05) is 18.6 Å². The van der Waals surface area contributed by atoms with E-state index in [4.69, 9.17) is 14.0 Å². The molecule has 5 nitrogen and oxygen atoms in total. The molecule has 146 valence electrons. The minimum Gasteiger partial charge on any atom is -0.465 e. The van der Waals surface area contributed by atoms with E-state index < -0.39 is 13.9 Å². The molecule has 2 unspecified atom stereocenters. The Kier molecular flexibility index (Phi) is 5.28. The maximum absolute atomic E-state index is 12.6. The van der Waals surface area contributed by atoms with Crippen molar-refractivity contribution >= 4 is 14.3 Å². The lowest BCUT2D eigenvalue weighted by Gasteiger charge is -2.57. The van der Waals surface area contributed by atoms with Crippen molar-refractivity contribution in [1.29, 1.82) is 0 Å². The third-order valence-electron chi connectivity index (χ3n) is 6.17. The highest BCUT2D eigenvalue weighted by Gasteiger charge is 2.71. The third kappa shape index (κ3) is 3.68. The van der Waals surface area contributed by atoms with Crippen molar-refractivity contribution in [3.8, 4) is 0 Å². The first kappa shape index (κ1) is 20.9. The smallest absolute Gasteiger partial charge is 0.329 e. The van der Waals surface area contributed by atoms with Gasteiger partial charge in [0.1, 0.15) is 5.54 Å². The van der Waals surface area contributed by atoms with Gasteiger partial charge >= 0.3 is 5.97 Å². The van der Waals surface area contributed by atoms with Crippen LogP contribution in [0.3, 0.4) is 0 Å². The monoisotopic (exact) mass is 371 g/mol. The van der Waals surface area contributed by atoms with Crippen molar-refractivity contribution < 1.29 is 18.8 Å². The molecule has 0 radical (unpaired) electrons. The minimum absolute atomic E-state index is 0.150. The van der Waals surface area contributed by atoms with Gasteiger partial charge in [-0.15, -0.1) is 0 Å². The zero-order chi connectivity index (χ0) is 19.3. The number of nitrogens with zero attached hydrogens (tertiary/aromatic N) is 1. The molecular weight excluding hydrogens is 334 g/mol. The van der Waals surface area contributed by atoms with Crippen LogP contribution in [0.1, 0.15) is 67.7 Å². The van der Waals surface area contributed by atoms with Gasteiger partial charge in [-0.1, -0.05) is 20.8 Å². The van der Waals surface area contributed by atoms with Crippen LogP contribution in [-0.4, -0.2) is 49.2 Å². The number of ether oxygens (including phenoxy) is 1. The van der Waals surface area contributed by atoms with Crippen LogP contribution in [-0.2, 0) is 18.8 Å². The highest BCUT2D eigenvalue weighted by Crippen LogP contribution is 2.57. The Labute approximate surface area is 154 Å². The van der Waals surface area contributed by atoms with Gasteiger partial charge in [0.05, 0.1) is 12.2 Å². The molecule has 0 aliphatic carbocycles. The van der Waals surface area contributed by atoms with E-state index in [-0.39, 0.29) is 22.1 Å². The number of hydrogen-bond donors (Lipinski definition) is 0. The van der Waals surface area contributed by atoms with E-state index in [1.807, 2.05) is 25.8 Å². The Morgan fingerprint density at radius 3 is 2.32 bits per heavy atom. The molecule has 0 aromatic rings. The number of hydroxylamine groups is 2. The summed E-state index contributed by atoms with van der Waals surface area (Å²) in [5, 5.41) is 2.13. The summed E-state index contributed by atoms with van der Waals surface area (Å²) in [7, 11) is -1.76. The average Bonchev–Trinajstić information content (AvgIpc) is 2.66. The van der Waals surface area contributed by atoms with Crippen molar-refractivity contribution in [3.05, 3.63) is 0 Å². The Bertz CT molecular complexity index is 528. The van der Waals surface area contributed by atoms with Crippen molar-refractivity contribution in [3.63, 3.8) is 0 Å². The summed E-state index contributed by atoms with van der Waals surface area (Å²) in [6.07, 6.45) is 2.30. The van der Waals surface area contributed by atoms with Crippen LogP contribution in [0, 0.1) is 0 Å². The molecule has 2 heterocycles. The third-order valence-corrected chi connectivity index (χ3v) is 10.7. The Hall–Kier alpha value is -0.433. The number of esters is 1. The van der Waals surface area contributed by atoms with Crippen molar-refractivity contribution in [1.82, 2.24) is 5.06 Å². The van der Waals surface area contributed by atoms with E-state index in [2.05, 4.69) is 40.8 Å². The van der Waals surface area contributed by atoms with E-state index in [1.54, 1.807) is 0 Å². The molecule has 2 aliphatic heterocycles. The van der Waals surface area contributed by atoms with E-state index in [1.165, 1.54) is 0 Å². The number of carbonyl (C=O) groups excluding carboxylic acids is 1. The second kappa shape index (κ2) is 6.32. The molecule has 2 atom stereocenters. The van der Waals surface area contributed by atoms with Gasteiger partial charge in [0.2, 0.25) is 0 Å². The maximum Gasteiger partial charge on any atom is 0.329 e. The van der Waals surface area contributed by atoms with Gasteiger partial charge in [-0.2, -0.15) is 5.06 Å². The first-order valence-corrected chi connectivity index (χ1v) is 12.4. The van der Waals surface area contributed by atoms with E-state index in [0.29, 0.717) is 19.6 Å². The Balaban J connectivity index is 2.05. The number of rotatable bonds is 6. The molecule has 0 aromatic heterocycles. The molecule has 2 aliphatic rings. The molecule has 25 heavy (non-hydrogen) atoms. The van der Waals surface area contributed by atoms with Gasteiger partial charge in [-0.3, -0.25) is 4.84 Å². The number of hydrogen-bond acceptors (Lipinski definition) is 5. The zero-order valence-electron chi connectivity index (χ0n) is 17.6. The fourth-order valence-corrected chi connectivity index (χ4v) is 4.99. The van der Waals surface area contributed by atoms with Crippen LogP contribution in [0.15, 0.2) is 0 Å². The first-order chi connectivity index (χ1) is 11.2. The van der Waals surface area contributed by atoms with Gasteiger partial charge in [-0.25, -0.2) is 4.79 Å². The van der Waals surface area contributed by atoms with Crippen LogP contribution in [0.5, 0.6) is 0 Å². The van der Waals surface area contributed by atoms with Crippen molar-refractivity contribution in [2.75, 3.05) is 13.2 Å². The molecule has 0 bridgehead atoms. The second-order valence-electron chi connectivity index (χ2n) is 10.1. The average molecular weight is 372 g/mol. The minimum atomic E-state index is -1.76. The predicted octanol–water partition coefficient (Wildman–Crippen LogP) is 4.28. The molecule has 0 N–H and O–H groups in total. The highest BCUT2D eigenvalue weighted by molar-refractivity contribution is 6.74. The molecule has 2 fully saturated rings. The Morgan fingerprint density at radius 2 is 1.80 bits per heavy atom. The quantitative estimate of drug-likeness (QED) is 0.515. The SMILES string of the molecule is CCOC(=O)C12CC(C)(C)ON1C(C)(CCO[Si](C)(C)C(C)(C)C)C2. The fraction of sp³-hybridized carbons (Fsp3) is 0.947. The lowest BCUT2D eigenvalue weighted by atomic mass is 9.67. The fourth-order valence-electron chi connectivity index (χ4n) is 3.94. The molecule has 6 heteroatoms. The van der Waals surface area contributed by atoms with Gasteiger partial charge in [-0.05, 0) is 58.7 Å². The van der Waals surface area contributed by atoms with Crippen LogP contribution in [0.2, 0.25) is 18.1 Å². The normalized spacial score (nSPS) is 32.2. The largest absolute Gasteiger partial charge is 0.465 e. The number of fused-ring (bicyclic) bond motifs is 1. The lowest BCUT2D eigenvalue weighted by Crippen LogP contribution is -2.73. The summed E-state index contributed by atoms with van der Waals surface area (Å²) in [6, 6.07) is 0. The Morgan fingerprint density at radius 1 is 1.20 bits per heavy atom. The van der Waals surface area contributed by atoms with Crippen molar-refractivity contribution in [2.24, 2.45) is 0 Å². The van der Waals surface area contributed by atoms with Gasteiger partial charge in [0.15, 0.2) is 8.32 Å². The maximum atomic E-state index is 12.6. The lowest BCUT2D eigenvalue weighted by molar-refractivity contribution is -0.320. The first-order valence-electron chi connectivity index (χ1n) is 9.50. The molecule has 0 aromatic carbocycles. The summed E-state index contributed by atoms with van der Waals surface area (Å²) in [6.45, 7) is 20.5. The molecular formula is C19H37NO4Si. The summed E-state index contributed by atoms with van der Waals surface area (Å²) in [4.78, 5) is 18.8. The summed E-state index contributed by atoms with van der Waals surface area (Å²) >= 11 is 0.